The lowest BCUT2D eigenvalue weighted by molar-refractivity contribution is -0.142. The summed E-state index contributed by atoms with van der Waals surface area (Å²) < 4.78 is 0. The Balaban J connectivity index is 5.22. The Kier molecular flexibility index (Phi) is 16.2. The summed E-state index contributed by atoms with van der Waals surface area (Å²) in [4.78, 5) is 60.2. The quantitative estimate of drug-likeness (QED) is 0.0803. The average Bonchev–Trinajstić information content (AvgIpc) is 2.78. The monoisotopic (exact) mass is 489 g/mol. The smallest absolute Gasteiger partial charge is 0.326 e. The summed E-state index contributed by atoms with van der Waals surface area (Å²) in [5.41, 5.74) is 21.7. The number of amides is 4. The van der Waals surface area contributed by atoms with Crippen LogP contribution in [0.2, 0.25) is 0 Å². The third kappa shape index (κ3) is 13.0. The van der Waals surface area contributed by atoms with Crippen molar-refractivity contribution < 1.29 is 34.2 Å². The Morgan fingerprint density at radius 1 is 0.706 bits per heavy atom. The second-order valence-corrected chi connectivity index (χ2v) is 7.88. The number of aliphatic hydroxyl groups excluding tert-OH is 1. The first-order chi connectivity index (χ1) is 16.1. The summed E-state index contributed by atoms with van der Waals surface area (Å²) in [6, 6.07) is -4.91. The van der Waals surface area contributed by atoms with E-state index < -0.39 is 60.4 Å². The second kappa shape index (κ2) is 17.6. The van der Waals surface area contributed by atoms with E-state index in [4.69, 9.17) is 22.9 Å². The number of aliphatic carboxylic acids is 1. The van der Waals surface area contributed by atoms with Gasteiger partial charge in [0.15, 0.2) is 0 Å². The van der Waals surface area contributed by atoms with Crippen LogP contribution < -0.4 is 38.9 Å². The summed E-state index contributed by atoms with van der Waals surface area (Å²) in [5, 5.41) is 25.9. The number of carbonyl (C=O) groups is 5. The van der Waals surface area contributed by atoms with Crippen molar-refractivity contribution >= 4 is 29.6 Å². The van der Waals surface area contributed by atoms with E-state index in [1.54, 1.807) is 0 Å². The topological polar surface area (TPSA) is 266 Å². The Labute approximate surface area is 198 Å². The van der Waals surface area contributed by atoms with Crippen LogP contribution in [0.3, 0.4) is 0 Å². The lowest BCUT2D eigenvalue weighted by Gasteiger charge is -2.24. The first-order valence-electron chi connectivity index (χ1n) is 11.3. The number of primary amides is 1. The zero-order valence-electron chi connectivity index (χ0n) is 19.3. The number of rotatable bonds is 19. The Morgan fingerprint density at radius 2 is 1.21 bits per heavy atom. The van der Waals surface area contributed by atoms with E-state index in [1.807, 2.05) is 0 Å². The lowest BCUT2D eigenvalue weighted by Crippen LogP contribution is -2.58. The maximum atomic E-state index is 12.7. The van der Waals surface area contributed by atoms with E-state index in [9.17, 15) is 34.2 Å². The molecule has 0 aromatic heterocycles. The van der Waals surface area contributed by atoms with Crippen LogP contribution in [0, 0.1) is 0 Å². The van der Waals surface area contributed by atoms with Gasteiger partial charge in [-0.05, 0) is 51.6 Å². The molecule has 4 unspecified atom stereocenters. The Morgan fingerprint density at radius 3 is 1.71 bits per heavy atom. The van der Waals surface area contributed by atoms with Crippen molar-refractivity contribution in [1.29, 1.82) is 0 Å². The molecule has 0 rings (SSSR count). The summed E-state index contributed by atoms with van der Waals surface area (Å²) in [6.07, 6.45) is 2.25. The molecule has 34 heavy (non-hydrogen) atoms. The predicted octanol–water partition coefficient (Wildman–Crippen LogP) is -3.63. The maximum absolute atomic E-state index is 12.7. The van der Waals surface area contributed by atoms with Crippen LogP contribution in [0.15, 0.2) is 0 Å². The molecule has 196 valence electrons. The molecule has 14 heteroatoms. The molecule has 0 aromatic carbocycles. The Hall–Kier alpha value is -2.81. The maximum Gasteiger partial charge on any atom is 0.326 e. The van der Waals surface area contributed by atoms with E-state index in [0.717, 1.165) is 0 Å². The number of hydrogen-bond acceptors (Lipinski definition) is 9. The van der Waals surface area contributed by atoms with E-state index in [0.29, 0.717) is 45.2 Å². The summed E-state index contributed by atoms with van der Waals surface area (Å²) in [6.45, 7) is 0.0249. The van der Waals surface area contributed by atoms with Crippen LogP contribution in [-0.4, -0.2) is 83.7 Å². The zero-order chi connectivity index (χ0) is 26.1. The first-order valence-corrected chi connectivity index (χ1v) is 11.3. The van der Waals surface area contributed by atoms with Gasteiger partial charge in [-0.25, -0.2) is 4.79 Å². The van der Waals surface area contributed by atoms with Gasteiger partial charge < -0.3 is 49.1 Å². The fraction of sp³-hybridized carbons (Fsp3) is 0.750. The van der Waals surface area contributed by atoms with Gasteiger partial charge in [0.2, 0.25) is 23.6 Å². The highest BCUT2D eigenvalue weighted by molar-refractivity contribution is 5.94. The van der Waals surface area contributed by atoms with Gasteiger partial charge in [0.1, 0.15) is 18.1 Å². The normalized spacial score (nSPS) is 14.4. The minimum atomic E-state index is -1.42. The molecule has 0 aliphatic heterocycles. The molecule has 0 spiro atoms. The highest BCUT2D eigenvalue weighted by Gasteiger charge is 2.30. The number of carboxylic acid groups (broad SMARTS) is 1. The van der Waals surface area contributed by atoms with Crippen molar-refractivity contribution in [2.75, 3.05) is 19.7 Å². The number of unbranched alkanes of at least 4 members (excludes halogenated alkanes) is 2. The number of nitrogens with two attached hydrogens (primary N) is 4. The minimum Gasteiger partial charge on any atom is -0.480 e. The largest absolute Gasteiger partial charge is 0.480 e. The van der Waals surface area contributed by atoms with Crippen LogP contribution in [0.5, 0.6) is 0 Å². The van der Waals surface area contributed by atoms with Gasteiger partial charge in [-0.2, -0.15) is 0 Å². The van der Waals surface area contributed by atoms with Crippen molar-refractivity contribution in [3.05, 3.63) is 0 Å². The van der Waals surface area contributed by atoms with Crippen LogP contribution in [0.1, 0.15) is 51.4 Å². The molecule has 4 amide bonds. The van der Waals surface area contributed by atoms with Crippen molar-refractivity contribution in [1.82, 2.24) is 16.0 Å². The van der Waals surface area contributed by atoms with Crippen LogP contribution in [0.4, 0.5) is 0 Å². The molecule has 4 atom stereocenters. The van der Waals surface area contributed by atoms with Gasteiger partial charge in [-0.1, -0.05) is 6.42 Å². The molecule has 0 aliphatic rings. The Bertz CT molecular complexity index is 678. The molecule has 13 N–H and O–H groups in total. The molecule has 0 heterocycles. The second-order valence-electron chi connectivity index (χ2n) is 7.88. The third-order valence-corrected chi connectivity index (χ3v) is 5.00. The molecule has 0 bridgehead atoms. The van der Waals surface area contributed by atoms with E-state index in [2.05, 4.69) is 16.0 Å². The van der Waals surface area contributed by atoms with Crippen LogP contribution >= 0.6 is 0 Å². The molecule has 0 aliphatic carbocycles. The predicted molar refractivity (Wildman–Crippen MR) is 123 cm³/mol. The number of aliphatic hydroxyl groups is 1. The van der Waals surface area contributed by atoms with Gasteiger partial charge >= 0.3 is 5.97 Å². The summed E-state index contributed by atoms with van der Waals surface area (Å²) >= 11 is 0. The fourth-order valence-electron chi connectivity index (χ4n) is 2.96. The van der Waals surface area contributed by atoms with Crippen LogP contribution in [-0.2, 0) is 24.0 Å². The van der Waals surface area contributed by atoms with Crippen molar-refractivity contribution in [3.8, 4) is 0 Å². The molecule has 0 fully saturated rings. The highest BCUT2D eigenvalue weighted by Crippen LogP contribution is 2.05. The summed E-state index contributed by atoms with van der Waals surface area (Å²) in [5.74, 6) is -4.44. The fourth-order valence-corrected chi connectivity index (χ4v) is 2.96. The standard InChI is InChI=1S/C20H39N7O7/c21-9-3-1-5-12(23)17(30)27-15(11-28)19(32)25-13(7-8-16(24)29)18(31)26-14(20(33)34)6-2-4-10-22/h12-15,28H,1-11,21-23H2,(H2,24,29)(H,25,32)(H,26,31)(H,27,30)(H,33,34). The SMILES string of the molecule is NCCCCC(N)C(=O)NC(CO)C(=O)NC(CCC(N)=O)C(=O)NC(CCCCN)C(=O)O. The number of carbonyl (C=O) groups excluding carboxylic acids is 4. The summed E-state index contributed by atoms with van der Waals surface area (Å²) in [7, 11) is 0. The van der Waals surface area contributed by atoms with E-state index >= 15 is 0 Å². The van der Waals surface area contributed by atoms with E-state index in [1.165, 1.54) is 0 Å². The third-order valence-electron chi connectivity index (χ3n) is 5.00. The minimum absolute atomic E-state index is 0.117. The van der Waals surface area contributed by atoms with Gasteiger partial charge in [0.25, 0.3) is 0 Å². The molecule has 0 saturated carbocycles. The first kappa shape index (κ1) is 31.2. The van der Waals surface area contributed by atoms with Gasteiger partial charge in [0, 0.05) is 6.42 Å². The van der Waals surface area contributed by atoms with Gasteiger partial charge in [-0.15, -0.1) is 0 Å². The average molecular weight is 490 g/mol. The zero-order valence-corrected chi connectivity index (χ0v) is 19.3. The van der Waals surface area contributed by atoms with Gasteiger partial charge in [0.05, 0.1) is 12.6 Å². The number of nitrogens with one attached hydrogen (secondary N) is 3. The highest BCUT2D eigenvalue weighted by atomic mass is 16.4. The van der Waals surface area contributed by atoms with E-state index in [-0.39, 0.29) is 19.3 Å². The molecule has 0 aromatic rings. The molecule has 14 nitrogen and oxygen atoms in total. The van der Waals surface area contributed by atoms with Crippen molar-refractivity contribution in [3.63, 3.8) is 0 Å². The molecular formula is C20H39N7O7. The lowest BCUT2D eigenvalue weighted by atomic mass is 10.1. The number of hydrogen-bond donors (Lipinski definition) is 9. The molecule has 0 radical (unpaired) electrons. The van der Waals surface area contributed by atoms with Crippen LogP contribution in [0.25, 0.3) is 0 Å². The van der Waals surface area contributed by atoms with Crippen molar-refractivity contribution in [2.45, 2.75) is 75.5 Å². The number of carboxylic acids is 1. The van der Waals surface area contributed by atoms with Crippen molar-refractivity contribution in [2.24, 2.45) is 22.9 Å². The molecular weight excluding hydrogens is 450 g/mol. The van der Waals surface area contributed by atoms with Gasteiger partial charge in [-0.3, -0.25) is 19.2 Å². The molecule has 0 saturated heterocycles.